The second kappa shape index (κ2) is 11.1. The Morgan fingerprint density at radius 1 is 0.793 bits per heavy atom. The van der Waals surface area contributed by atoms with Gasteiger partial charge < -0.3 is 15.3 Å². The predicted molar refractivity (Wildman–Crippen MR) is 120 cm³/mol. The van der Waals surface area contributed by atoms with Crippen molar-refractivity contribution in [2.24, 2.45) is 0 Å². The molecule has 0 fully saturated rings. The van der Waals surface area contributed by atoms with Gasteiger partial charge in [-0.3, -0.25) is 0 Å². The molecule has 0 saturated carbocycles. The van der Waals surface area contributed by atoms with Gasteiger partial charge >= 0.3 is 17.9 Å². The van der Waals surface area contributed by atoms with Crippen molar-refractivity contribution in [1.82, 2.24) is 0 Å². The highest BCUT2D eigenvalue weighted by Gasteiger charge is 2.22. The predicted octanol–water partition coefficient (Wildman–Crippen LogP) is 7.07. The second-order valence-electron chi connectivity index (χ2n) is 4.92. The van der Waals surface area contributed by atoms with E-state index in [4.69, 9.17) is 61.7 Å². The fourth-order valence-corrected chi connectivity index (χ4v) is 4.35. The van der Waals surface area contributed by atoms with Crippen LogP contribution in [0.1, 0.15) is 31.1 Å². The molecule has 2 rings (SSSR count). The molecule has 0 heterocycles. The first-order valence-electron chi connectivity index (χ1n) is 6.97. The molecule has 0 bridgehead atoms. The van der Waals surface area contributed by atoms with Gasteiger partial charge in [-0.05, 0) is 62.2 Å². The number of alkyl halides is 3. The number of benzene rings is 2. The molecular weight excluding hydrogens is 622 g/mol. The number of carboxylic acid groups (broad SMARTS) is 3. The standard InChI is InChI=1S/C8H4Br2O4.C8H4Cl4O2S/c9-5-1-3(7(11)12)6(10)2-4(5)8(13)14;9-6-2-1-4(15-8(10,11)12)3-5(6)7(13)14/h1-2H,(H,11,12)(H,13,14);1-3H,(H,13,14). The van der Waals surface area contributed by atoms with Crippen LogP contribution in [0.25, 0.3) is 0 Å². The first-order chi connectivity index (χ1) is 13.2. The van der Waals surface area contributed by atoms with Crippen molar-refractivity contribution in [3.8, 4) is 0 Å². The van der Waals surface area contributed by atoms with E-state index in [0.717, 1.165) is 11.8 Å². The third-order valence-corrected chi connectivity index (χ3v) is 5.98. The van der Waals surface area contributed by atoms with Crippen LogP contribution in [0.15, 0.2) is 44.2 Å². The van der Waals surface area contributed by atoms with Gasteiger partial charge in [-0.15, -0.1) is 0 Å². The molecule has 0 aliphatic rings. The van der Waals surface area contributed by atoms with Crippen molar-refractivity contribution in [2.75, 3.05) is 0 Å². The normalized spacial score (nSPS) is 10.7. The van der Waals surface area contributed by atoms with Crippen molar-refractivity contribution in [3.63, 3.8) is 0 Å². The summed E-state index contributed by atoms with van der Waals surface area (Å²) in [5.41, 5.74) is 0.0136. The molecule has 0 atom stereocenters. The summed E-state index contributed by atoms with van der Waals surface area (Å²) in [7, 11) is 0. The van der Waals surface area contributed by atoms with Crippen molar-refractivity contribution >= 4 is 108 Å². The summed E-state index contributed by atoms with van der Waals surface area (Å²) >= 11 is 29.2. The number of rotatable bonds is 4. The summed E-state index contributed by atoms with van der Waals surface area (Å²) in [6.45, 7) is 0. The van der Waals surface area contributed by atoms with E-state index < -0.39 is 21.0 Å². The van der Waals surface area contributed by atoms with Gasteiger partial charge in [0, 0.05) is 13.8 Å². The molecule has 0 aliphatic carbocycles. The number of hydrogen-bond donors (Lipinski definition) is 3. The molecule has 0 spiro atoms. The average Bonchev–Trinajstić information content (AvgIpc) is 2.57. The lowest BCUT2D eigenvalue weighted by molar-refractivity contribution is 0.0679. The van der Waals surface area contributed by atoms with Gasteiger partial charge in [-0.25, -0.2) is 14.4 Å². The SMILES string of the molecule is O=C(O)c1cc(Br)c(C(=O)O)cc1Br.O=C(O)c1cc(SC(Cl)(Cl)Cl)ccc1Cl. The van der Waals surface area contributed by atoms with E-state index in [1.807, 2.05) is 0 Å². The molecule has 3 N–H and O–H groups in total. The van der Waals surface area contributed by atoms with E-state index in [9.17, 15) is 14.4 Å². The molecule has 29 heavy (non-hydrogen) atoms. The Morgan fingerprint density at radius 3 is 1.55 bits per heavy atom. The summed E-state index contributed by atoms with van der Waals surface area (Å²) in [6, 6.07) is 6.88. The molecule has 13 heteroatoms. The molecule has 6 nitrogen and oxygen atoms in total. The number of carbonyl (C=O) groups is 3. The first kappa shape index (κ1) is 26.4. The van der Waals surface area contributed by atoms with Crippen LogP contribution in [0.4, 0.5) is 0 Å². The molecule has 0 aromatic heterocycles. The minimum atomic E-state index is -1.52. The van der Waals surface area contributed by atoms with E-state index in [1.54, 1.807) is 6.07 Å². The molecule has 0 amide bonds. The number of halogens is 6. The Kier molecular flexibility index (Phi) is 10.1. The summed E-state index contributed by atoms with van der Waals surface area (Å²) in [6.07, 6.45) is 0. The van der Waals surface area contributed by atoms with Crippen LogP contribution in [0.5, 0.6) is 0 Å². The van der Waals surface area contributed by atoms with Crippen LogP contribution in [0.3, 0.4) is 0 Å². The highest BCUT2D eigenvalue weighted by molar-refractivity contribution is 9.11. The van der Waals surface area contributed by atoms with Crippen LogP contribution in [0.2, 0.25) is 5.02 Å². The quantitative estimate of drug-likeness (QED) is 0.245. The number of hydrogen-bond acceptors (Lipinski definition) is 4. The van der Waals surface area contributed by atoms with E-state index in [1.165, 1.54) is 24.3 Å². The third kappa shape index (κ3) is 8.53. The van der Waals surface area contributed by atoms with E-state index >= 15 is 0 Å². The van der Waals surface area contributed by atoms with Crippen LogP contribution < -0.4 is 0 Å². The van der Waals surface area contributed by atoms with Crippen LogP contribution in [-0.2, 0) is 0 Å². The molecular formula is C16H8Br2Cl4O6S. The van der Waals surface area contributed by atoms with E-state index in [0.29, 0.717) is 4.90 Å². The zero-order valence-electron chi connectivity index (χ0n) is 13.6. The molecule has 0 radical (unpaired) electrons. The van der Waals surface area contributed by atoms with Crippen LogP contribution in [0, 0.1) is 0 Å². The van der Waals surface area contributed by atoms with Gasteiger partial charge in [-0.2, -0.15) is 0 Å². The Balaban J connectivity index is 0.000000291. The summed E-state index contributed by atoms with van der Waals surface area (Å²) in [4.78, 5) is 32.6. The Hall–Kier alpha value is -0.680. The van der Waals surface area contributed by atoms with Gasteiger partial charge in [-0.1, -0.05) is 58.2 Å². The summed E-state index contributed by atoms with van der Waals surface area (Å²) in [5, 5.41) is 26.4. The van der Waals surface area contributed by atoms with E-state index in [-0.39, 0.29) is 30.7 Å². The summed E-state index contributed by atoms with van der Waals surface area (Å²) in [5.74, 6) is -3.35. The number of aromatic carboxylic acids is 3. The van der Waals surface area contributed by atoms with Crippen molar-refractivity contribution < 1.29 is 29.7 Å². The Morgan fingerprint density at radius 2 is 1.21 bits per heavy atom. The molecule has 0 unspecified atom stereocenters. The molecule has 2 aromatic carbocycles. The second-order valence-corrected chi connectivity index (χ2v) is 11.3. The van der Waals surface area contributed by atoms with Gasteiger partial charge in [0.05, 0.1) is 21.7 Å². The van der Waals surface area contributed by atoms with E-state index in [2.05, 4.69) is 31.9 Å². The summed E-state index contributed by atoms with van der Waals surface area (Å²) < 4.78 is -1.04. The third-order valence-electron chi connectivity index (χ3n) is 2.92. The number of carboxylic acids is 3. The molecule has 0 aliphatic heterocycles. The van der Waals surface area contributed by atoms with Gasteiger partial charge in [0.1, 0.15) is 0 Å². The smallest absolute Gasteiger partial charge is 0.337 e. The van der Waals surface area contributed by atoms with Gasteiger partial charge in [0.25, 0.3) is 0 Å². The fraction of sp³-hybridized carbons (Fsp3) is 0.0625. The fourth-order valence-electron chi connectivity index (χ4n) is 1.74. The van der Waals surface area contributed by atoms with Crippen molar-refractivity contribution in [2.45, 2.75) is 8.02 Å². The Bertz CT molecular complexity index is 925. The monoisotopic (exact) mass is 626 g/mol. The maximum atomic E-state index is 10.7. The highest BCUT2D eigenvalue weighted by Crippen LogP contribution is 2.44. The van der Waals surface area contributed by atoms with Crippen molar-refractivity contribution in [3.05, 3.63) is 61.0 Å². The minimum Gasteiger partial charge on any atom is -0.478 e. The largest absolute Gasteiger partial charge is 0.478 e. The number of thioether (sulfide) groups is 1. The maximum absolute atomic E-state index is 10.7. The van der Waals surface area contributed by atoms with Gasteiger partial charge in [0.15, 0.2) is 0 Å². The van der Waals surface area contributed by atoms with Crippen molar-refractivity contribution in [1.29, 1.82) is 0 Å². The first-order valence-corrected chi connectivity index (χ1v) is 10.9. The topological polar surface area (TPSA) is 112 Å². The zero-order valence-corrected chi connectivity index (χ0v) is 20.6. The Labute approximate surface area is 205 Å². The molecule has 2 aromatic rings. The highest BCUT2D eigenvalue weighted by atomic mass is 79.9. The lowest BCUT2D eigenvalue weighted by Crippen LogP contribution is -2.03. The lowest BCUT2D eigenvalue weighted by Gasteiger charge is -2.10. The zero-order chi connectivity index (χ0) is 22.5. The lowest BCUT2D eigenvalue weighted by atomic mass is 10.1. The minimum absolute atomic E-state index is 0.0156. The average molecular weight is 630 g/mol. The van der Waals surface area contributed by atoms with Gasteiger partial charge in [0.2, 0.25) is 3.12 Å². The molecule has 0 saturated heterocycles. The van der Waals surface area contributed by atoms with Crippen LogP contribution >= 0.6 is 90.0 Å². The van der Waals surface area contributed by atoms with Crippen LogP contribution in [-0.4, -0.2) is 36.4 Å². The maximum Gasteiger partial charge on any atom is 0.337 e. The molecule has 156 valence electrons.